The van der Waals surface area contributed by atoms with Gasteiger partial charge in [0.15, 0.2) is 11.0 Å². The summed E-state index contributed by atoms with van der Waals surface area (Å²) >= 11 is 1.32. The summed E-state index contributed by atoms with van der Waals surface area (Å²) in [6.45, 7) is 6.40. The molecule has 0 saturated carbocycles. The second-order valence-corrected chi connectivity index (χ2v) is 7.74. The highest BCUT2D eigenvalue weighted by molar-refractivity contribution is 7.99. The zero-order chi connectivity index (χ0) is 21.5. The highest BCUT2D eigenvalue weighted by atomic mass is 32.2. The highest BCUT2D eigenvalue weighted by Gasteiger charge is 2.20. The number of benzene rings is 2. The van der Waals surface area contributed by atoms with Gasteiger partial charge in [0.1, 0.15) is 0 Å². The van der Waals surface area contributed by atoms with Crippen LogP contribution in [0, 0.1) is 6.92 Å². The Morgan fingerprint density at radius 2 is 1.77 bits per heavy atom. The predicted molar refractivity (Wildman–Crippen MR) is 119 cm³/mol. The number of amides is 2. The second kappa shape index (κ2) is 10.1. The lowest BCUT2D eigenvalue weighted by Crippen LogP contribution is -2.29. The van der Waals surface area contributed by atoms with E-state index in [4.69, 9.17) is 0 Å². The van der Waals surface area contributed by atoms with Crippen molar-refractivity contribution < 1.29 is 9.59 Å². The molecule has 0 fully saturated rings. The summed E-state index contributed by atoms with van der Waals surface area (Å²) < 4.78 is 1.92. The summed E-state index contributed by atoms with van der Waals surface area (Å²) in [5, 5.41) is 15.0. The molecular weight excluding hydrogens is 398 g/mol. The number of anilines is 1. The van der Waals surface area contributed by atoms with E-state index in [1.165, 1.54) is 11.8 Å². The van der Waals surface area contributed by atoms with E-state index in [2.05, 4.69) is 20.8 Å². The molecule has 0 saturated heterocycles. The van der Waals surface area contributed by atoms with Crippen LogP contribution in [0.25, 0.3) is 0 Å². The molecule has 1 heterocycles. The molecular formula is C22H25N5O2S. The minimum absolute atomic E-state index is 0.112. The van der Waals surface area contributed by atoms with Gasteiger partial charge in [0.05, 0.1) is 11.8 Å². The van der Waals surface area contributed by atoms with Gasteiger partial charge in [-0.15, -0.1) is 10.2 Å². The lowest BCUT2D eigenvalue weighted by Gasteiger charge is -2.16. The Bertz CT molecular complexity index is 1020. The summed E-state index contributed by atoms with van der Waals surface area (Å²) in [5.74, 6) is 0.615. The summed E-state index contributed by atoms with van der Waals surface area (Å²) in [4.78, 5) is 24.8. The molecule has 30 heavy (non-hydrogen) atoms. The Kier molecular flexibility index (Phi) is 7.24. The third-order valence-corrected chi connectivity index (χ3v) is 5.54. The molecule has 2 N–H and O–H groups in total. The number of para-hydroxylation sites is 1. The van der Waals surface area contributed by atoms with Crippen LogP contribution in [0.1, 0.15) is 41.6 Å². The summed E-state index contributed by atoms with van der Waals surface area (Å²) in [5.41, 5.74) is 2.31. The predicted octanol–water partition coefficient (Wildman–Crippen LogP) is 3.83. The van der Waals surface area contributed by atoms with Gasteiger partial charge >= 0.3 is 0 Å². The summed E-state index contributed by atoms with van der Waals surface area (Å²) in [7, 11) is 0. The lowest BCUT2D eigenvalue weighted by molar-refractivity contribution is -0.113. The van der Waals surface area contributed by atoms with Gasteiger partial charge in [0.2, 0.25) is 5.91 Å². The van der Waals surface area contributed by atoms with Gasteiger partial charge in [-0.1, -0.05) is 48.2 Å². The van der Waals surface area contributed by atoms with Crippen molar-refractivity contribution in [2.45, 2.75) is 38.5 Å². The summed E-state index contributed by atoms with van der Waals surface area (Å²) in [6.07, 6.45) is 0. The fraction of sp³-hybridized carbons (Fsp3) is 0.273. The molecule has 8 heteroatoms. The van der Waals surface area contributed by atoms with E-state index in [-0.39, 0.29) is 23.6 Å². The Morgan fingerprint density at radius 3 is 2.47 bits per heavy atom. The molecule has 0 aliphatic heterocycles. The number of aryl methyl sites for hydroxylation is 1. The normalized spacial score (nSPS) is 11.7. The Morgan fingerprint density at radius 1 is 1.07 bits per heavy atom. The van der Waals surface area contributed by atoms with Crippen LogP contribution in [-0.2, 0) is 11.3 Å². The molecule has 1 atom stereocenters. The zero-order valence-electron chi connectivity index (χ0n) is 17.3. The quantitative estimate of drug-likeness (QED) is 0.538. The maximum atomic E-state index is 12.6. The first-order chi connectivity index (χ1) is 14.5. The van der Waals surface area contributed by atoms with Gasteiger partial charge in [-0.05, 0) is 44.5 Å². The van der Waals surface area contributed by atoms with E-state index in [0.29, 0.717) is 23.1 Å². The van der Waals surface area contributed by atoms with Crippen LogP contribution in [-0.4, -0.2) is 32.3 Å². The van der Waals surface area contributed by atoms with E-state index < -0.39 is 0 Å². The van der Waals surface area contributed by atoms with Crippen molar-refractivity contribution in [1.82, 2.24) is 20.1 Å². The largest absolute Gasteiger partial charge is 0.342 e. The third kappa shape index (κ3) is 5.27. The molecule has 3 aromatic rings. The van der Waals surface area contributed by atoms with E-state index in [9.17, 15) is 9.59 Å². The van der Waals surface area contributed by atoms with E-state index in [1.54, 1.807) is 6.07 Å². The van der Waals surface area contributed by atoms with Crippen LogP contribution in [0.2, 0.25) is 0 Å². The van der Waals surface area contributed by atoms with Gasteiger partial charge < -0.3 is 15.2 Å². The molecule has 2 amide bonds. The maximum Gasteiger partial charge on any atom is 0.252 e. The number of aromatic nitrogens is 3. The molecule has 0 aliphatic carbocycles. The monoisotopic (exact) mass is 423 g/mol. The fourth-order valence-corrected chi connectivity index (χ4v) is 3.85. The SMILES string of the molecule is CCn1c(SCC(=O)Nc2ccccc2)nnc1[C@H](C)NC(=O)c1ccccc1C. The van der Waals surface area contributed by atoms with E-state index >= 15 is 0 Å². The standard InChI is InChI=1S/C22H25N5O2S/c1-4-27-20(16(3)23-21(29)18-13-9-8-10-15(18)2)25-26-22(27)30-14-19(28)24-17-11-6-5-7-12-17/h5-13,16H,4,14H2,1-3H3,(H,23,29)(H,24,28)/t16-/m0/s1. The van der Waals surface area contributed by atoms with Gasteiger partial charge in [0.25, 0.3) is 5.91 Å². The smallest absolute Gasteiger partial charge is 0.252 e. The topological polar surface area (TPSA) is 88.9 Å². The molecule has 1 aromatic heterocycles. The number of thioether (sulfide) groups is 1. The first-order valence-corrected chi connectivity index (χ1v) is 10.8. The van der Waals surface area contributed by atoms with E-state index in [1.807, 2.05) is 73.9 Å². The minimum Gasteiger partial charge on any atom is -0.342 e. The number of nitrogens with zero attached hydrogens (tertiary/aromatic N) is 3. The zero-order valence-corrected chi connectivity index (χ0v) is 18.1. The fourth-order valence-electron chi connectivity index (χ4n) is 3.04. The van der Waals surface area contributed by atoms with Crippen LogP contribution in [0.4, 0.5) is 5.69 Å². The van der Waals surface area contributed by atoms with Crippen LogP contribution in [0.5, 0.6) is 0 Å². The number of rotatable bonds is 8. The molecule has 0 spiro atoms. The molecule has 2 aromatic carbocycles. The number of hydrogen-bond donors (Lipinski definition) is 2. The Balaban J connectivity index is 1.64. The van der Waals surface area contributed by atoms with Crippen LogP contribution >= 0.6 is 11.8 Å². The van der Waals surface area contributed by atoms with E-state index in [0.717, 1.165) is 11.3 Å². The van der Waals surface area contributed by atoms with Crippen LogP contribution < -0.4 is 10.6 Å². The lowest BCUT2D eigenvalue weighted by atomic mass is 10.1. The molecule has 156 valence electrons. The third-order valence-electron chi connectivity index (χ3n) is 4.58. The molecule has 0 unspecified atom stereocenters. The molecule has 0 aliphatic rings. The van der Waals surface area contributed by atoms with Crippen molar-refractivity contribution in [3.63, 3.8) is 0 Å². The molecule has 0 bridgehead atoms. The van der Waals surface area contributed by atoms with Gasteiger partial charge in [-0.3, -0.25) is 9.59 Å². The van der Waals surface area contributed by atoms with Gasteiger partial charge in [0, 0.05) is 17.8 Å². The number of hydrogen-bond acceptors (Lipinski definition) is 5. The first-order valence-electron chi connectivity index (χ1n) is 9.77. The van der Waals surface area contributed by atoms with Gasteiger partial charge in [-0.2, -0.15) is 0 Å². The van der Waals surface area contributed by atoms with Gasteiger partial charge in [-0.25, -0.2) is 0 Å². The maximum absolute atomic E-state index is 12.6. The first kappa shape index (κ1) is 21.6. The Labute approximate surface area is 180 Å². The number of carbonyl (C=O) groups excluding carboxylic acids is 2. The van der Waals surface area contributed by atoms with Crippen LogP contribution in [0.3, 0.4) is 0 Å². The van der Waals surface area contributed by atoms with Crippen molar-refractivity contribution in [2.24, 2.45) is 0 Å². The molecule has 0 radical (unpaired) electrons. The van der Waals surface area contributed by atoms with Crippen molar-refractivity contribution in [2.75, 3.05) is 11.1 Å². The molecule has 3 rings (SSSR count). The summed E-state index contributed by atoms with van der Waals surface area (Å²) in [6, 6.07) is 16.5. The van der Waals surface area contributed by atoms with Crippen molar-refractivity contribution in [3.05, 3.63) is 71.5 Å². The minimum atomic E-state index is -0.322. The highest BCUT2D eigenvalue weighted by Crippen LogP contribution is 2.21. The van der Waals surface area contributed by atoms with Crippen molar-refractivity contribution in [1.29, 1.82) is 0 Å². The number of nitrogens with one attached hydrogen (secondary N) is 2. The van der Waals surface area contributed by atoms with Crippen molar-refractivity contribution in [3.8, 4) is 0 Å². The average Bonchev–Trinajstić information content (AvgIpc) is 3.16. The molecule has 7 nitrogen and oxygen atoms in total. The number of carbonyl (C=O) groups is 2. The average molecular weight is 424 g/mol. The Hall–Kier alpha value is -3.13. The van der Waals surface area contributed by atoms with Crippen molar-refractivity contribution >= 4 is 29.3 Å². The van der Waals surface area contributed by atoms with Crippen LogP contribution in [0.15, 0.2) is 59.8 Å². The second-order valence-electron chi connectivity index (χ2n) is 6.80.